The average Bonchev–Trinajstić information content (AvgIpc) is 2.73. The first-order valence-corrected chi connectivity index (χ1v) is 10.7. The number of nitrogens with zero attached hydrogens (tertiary/aromatic N) is 2. The van der Waals surface area contributed by atoms with Crippen LogP contribution in [-0.2, 0) is 10.0 Å². The highest BCUT2D eigenvalue weighted by Gasteiger charge is 2.30. The zero-order chi connectivity index (χ0) is 19.7. The molecule has 0 bridgehead atoms. The van der Waals surface area contributed by atoms with E-state index in [0.717, 1.165) is 16.3 Å². The van der Waals surface area contributed by atoms with E-state index < -0.39 is 10.0 Å². The number of piperazine rings is 1. The molecule has 1 aliphatic rings. The predicted molar refractivity (Wildman–Crippen MR) is 110 cm³/mol. The second kappa shape index (κ2) is 7.37. The van der Waals surface area contributed by atoms with Crippen LogP contribution in [0.5, 0.6) is 0 Å². The third kappa shape index (κ3) is 3.53. The summed E-state index contributed by atoms with van der Waals surface area (Å²) in [6.45, 7) is 3.32. The van der Waals surface area contributed by atoms with Gasteiger partial charge in [0.15, 0.2) is 0 Å². The van der Waals surface area contributed by atoms with Gasteiger partial charge in [-0.05, 0) is 42.0 Å². The highest BCUT2D eigenvalue weighted by atomic mass is 32.2. The van der Waals surface area contributed by atoms with Crippen molar-refractivity contribution in [1.29, 1.82) is 0 Å². The molecule has 3 aromatic carbocycles. The van der Waals surface area contributed by atoms with Crippen molar-refractivity contribution in [3.63, 3.8) is 0 Å². The van der Waals surface area contributed by atoms with Crippen LogP contribution in [0.15, 0.2) is 71.6 Å². The van der Waals surface area contributed by atoms with Gasteiger partial charge in [0.2, 0.25) is 10.0 Å². The van der Waals surface area contributed by atoms with Gasteiger partial charge in [0.25, 0.3) is 5.91 Å². The van der Waals surface area contributed by atoms with E-state index in [9.17, 15) is 13.2 Å². The third-order valence-corrected chi connectivity index (χ3v) is 7.04. The molecular weight excluding hydrogens is 372 g/mol. The Morgan fingerprint density at radius 2 is 1.54 bits per heavy atom. The number of fused-ring (bicyclic) bond motifs is 1. The minimum absolute atomic E-state index is 0.0496. The lowest BCUT2D eigenvalue weighted by atomic mass is 10.1. The van der Waals surface area contributed by atoms with Gasteiger partial charge in [-0.1, -0.05) is 48.0 Å². The van der Waals surface area contributed by atoms with Gasteiger partial charge in [0.1, 0.15) is 0 Å². The Bertz CT molecular complexity index is 1130. The summed E-state index contributed by atoms with van der Waals surface area (Å²) in [7, 11) is -3.58. The van der Waals surface area contributed by atoms with E-state index in [2.05, 4.69) is 0 Å². The Labute approximate surface area is 165 Å². The summed E-state index contributed by atoms with van der Waals surface area (Å²) in [5.74, 6) is -0.0496. The van der Waals surface area contributed by atoms with E-state index in [1.165, 1.54) is 4.31 Å². The topological polar surface area (TPSA) is 57.7 Å². The van der Waals surface area contributed by atoms with Crippen molar-refractivity contribution in [2.45, 2.75) is 11.8 Å². The highest BCUT2D eigenvalue weighted by Crippen LogP contribution is 2.23. The summed E-state index contributed by atoms with van der Waals surface area (Å²) in [6, 6.07) is 20.4. The van der Waals surface area contributed by atoms with Crippen molar-refractivity contribution < 1.29 is 13.2 Å². The molecular formula is C22H22N2O3S. The molecule has 0 atom stereocenters. The average molecular weight is 394 g/mol. The molecule has 1 saturated heterocycles. The molecule has 4 rings (SSSR count). The van der Waals surface area contributed by atoms with Crippen molar-refractivity contribution in [3.05, 3.63) is 77.9 Å². The SMILES string of the molecule is Cc1cccc(C(=O)N2CCN(S(=O)(=O)c3ccc4ccccc4c3)CC2)c1. The summed E-state index contributed by atoms with van der Waals surface area (Å²) in [5, 5.41) is 1.91. The molecule has 28 heavy (non-hydrogen) atoms. The maximum Gasteiger partial charge on any atom is 0.253 e. The lowest BCUT2D eigenvalue weighted by Crippen LogP contribution is -2.50. The van der Waals surface area contributed by atoms with Crippen LogP contribution in [-0.4, -0.2) is 49.7 Å². The molecule has 6 heteroatoms. The summed E-state index contributed by atoms with van der Waals surface area (Å²) >= 11 is 0. The number of rotatable bonds is 3. The van der Waals surface area contributed by atoms with Crippen molar-refractivity contribution in [2.24, 2.45) is 0 Å². The van der Waals surface area contributed by atoms with E-state index in [4.69, 9.17) is 0 Å². The second-order valence-electron chi connectivity index (χ2n) is 7.07. The number of carbonyl (C=O) groups excluding carboxylic acids is 1. The smallest absolute Gasteiger partial charge is 0.253 e. The van der Waals surface area contributed by atoms with Gasteiger partial charge in [-0.15, -0.1) is 0 Å². The van der Waals surface area contributed by atoms with Crippen molar-refractivity contribution in [3.8, 4) is 0 Å². The molecule has 1 amide bonds. The Hall–Kier alpha value is -2.70. The van der Waals surface area contributed by atoms with Gasteiger partial charge in [0.05, 0.1) is 4.90 Å². The van der Waals surface area contributed by atoms with Gasteiger partial charge >= 0.3 is 0 Å². The molecule has 0 aliphatic carbocycles. The molecule has 1 aliphatic heterocycles. The van der Waals surface area contributed by atoms with Crippen LogP contribution in [0.2, 0.25) is 0 Å². The maximum absolute atomic E-state index is 13.0. The molecule has 5 nitrogen and oxygen atoms in total. The van der Waals surface area contributed by atoms with Crippen molar-refractivity contribution >= 4 is 26.7 Å². The van der Waals surface area contributed by atoms with E-state index in [0.29, 0.717) is 36.6 Å². The number of benzene rings is 3. The molecule has 0 radical (unpaired) electrons. The first-order valence-electron chi connectivity index (χ1n) is 9.30. The maximum atomic E-state index is 13.0. The van der Waals surface area contributed by atoms with Crippen LogP contribution in [0.3, 0.4) is 0 Å². The van der Waals surface area contributed by atoms with Crippen molar-refractivity contribution in [2.75, 3.05) is 26.2 Å². The van der Waals surface area contributed by atoms with Gasteiger partial charge in [-0.2, -0.15) is 4.31 Å². The summed E-state index contributed by atoms with van der Waals surface area (Å²) in [5.41, 5.74) is 1.68. The van der Waals surface area contributed by atoms with Gasteiger partial charge in [-0.25, -0.2) is 8.42 Å². The lowest BCUT2D eigenvalue weighted by Gasteiger charge is -2.34. The number of sulfonamides is 1. The van der Waals surface area contributed by atoms with Crippen molar-refractivity contribution in [1.82, 2.24) is 9.21 Å². The Kier molecular flexibility index (Phi) is 4.91. The number of carbonyl (C=O) groups is 1. The first kappa shape index (κ1) is 18.7. The molecule has 144 valence electrons. The fraction of sp³-hybridized carbons (Fsp3) is 0.227. The predicted octanol–water partition coefficient (Wildman–Crippen LogP) is 3.29. The number of amides is 1. The molecule has 1 heterocycles. The Morgan fingerprint density at radius 1 is 0.821 bits per heavy atom. The first-order chi connectivity index (χ1) is 13.4. The largest absolute Gasteiger partial charge is 0.336 e. The van der Waals surface area contributed by atoms with Crippen LogP contribution in [0, 0.1) is 6.92 Å². The summed E-state index contributed by atoms with van der Waals surface area (Å²) in [6.07, 6.45) is 0. The van der Waals surface area contributed by atoms with Crippen LogP contribution >= 0.6 is 0 Å². The van der Waals surface area contributed by atoms with E-state index in [1.807, 2.05) is 55.5 Å². The van der Waals surface area contributed by atoms with Crippen LogP contribution in [0.25, 0.3) is 10.8 Å². The normalized spacial score (nSPS) is 15.7. The van der Waals surface area contributed by atoms with E-state index in [1.54, 1.807) is 23.1 Å². The highest BCUT2D eigenvalue weighted by molar-refractivity contribution is 7.89. The van der Waals surface area contributed by atoms with E-state index in [-0.39, 0.29) is 5.91 Å². The monoisotopic (exact) mass is 394 g/mol. The van der Waals surface area contributed by atoms with Gasteiger partial charge < -0.3 is 4.90 Å². The Balaban J connectivity index is 1.49. The zero-order valence-electron chi connectivity index (χ0n) is 15.7. The van der Waals surface area contributed by atoms with E-state index >= 15 is 0 Å². The number of hydrogen-bond donors (Lipinski definition) is 0. The fourth-order valence-corrected chi connectivity index (χ4v) is 5.03. The molecule has 0 saturated carbocycles. The zero-order valence-corrected chi connectivity index (χ0v) is 16.5. The second-order valence-corrected chi connectivity index (χ2v) is 9.01. The molecule has 0 spiro atoms. The minimum Gasteiger partial charge on any atom is -0.336 e. The third-order valence-electron chi connectivity index (χ3n) is 5.15. The van der Waals surface area contributed by atoms with Crippen LogP contribution < -0.4 is 0 Å². The summed E-state index contributed by atoms with van der Waals surface area (Å²) in [4.78, 5) is 14.7. The number of aryl methyl sites for hydroxylation is 1. The lowest BCUT2D eigenvalue weighted by molar-refractivity contribution is 0.0698. The quantitative estimate of drug-likeness (QED) is 0.685. The fourth-order valence-electron chi connectivity index (χ4n) is 3.57. The molecule has 0 N–H and O–H groups in total. The van der Waals surface area contributed by atoms with Crippen LogP contribution in [0.4, 0.5) is 0 Å². The van der Waals surface area contributed by atoms with Crippen LogP contribution in [0.1, 0.15) is 15.9 Å². The number of hydrogen-bond acceptors (Lipinski definition) is 3. The minimum atomic E-state index is -3.58. The molecule has 1 fully saturated rings. The molecule has 3 aromatic rings. The summed E-state index contributed by atoms with van der Waals surface area (Å²) < 4.78 is 27.6. The standard InChI is InChI=1S/C22H22N2O3S/c1-17-5-4-8-20(15-17)22(25)23-11-13-24(14-12-23)28(26,27)21-10-9-18-6-2-3-7-19(18)16-21/h2-10,15-16H,11-14H2,1H3. The van der Waals surface area contributed by atoms with Gasteiger partial charge in [0, 0.05) is 31.7 Å². The van der Waals surface area contributed by atoms with Gasteiger partial charge in [-0.3, -0.25) is 4.79 Å². The molecule has 0 aromatic heterocycles. The molecule has 0 unspecified atom stereocenters. The Morgan fingerprint density at radius 3 is 2.25 bits per heavy atom.